The van der Waals surface area contributed by atoms with Crippen LogP contribution in [0.25, 0.3) is 0 Å². The van der Waals surface area contributed by atoms with Crippen molar-refractivity contribution in [3.8, 4) is 6.07 Å². The van der Waals surface area contributed by atoms with E-state index in [1.165, 1.54) is 6.07 Å². The number of carbonyl (C=O) groups excluding carboxylic acids is 1. The molecule has 0 bridgehead atoms. The van der Waals surface area contributed by atoms with E-state index in [0.29, 0.717) is 5.56 Å². The van der Waals surface area contributed by atoms with Crippen molar-refractivity contribution >= 4 is 5.97 Å². The number of esters is 1. The van der Waals surface area contributed by atoms with Gasteiger partial charge in [0.05, 0.1) is 24.7 Å². The van der Waals surface area contributed by atoms with Crippen LogP contribution in [0.2, 0.25) is 0 Å². The standard InChI is InChI=1S/C13H14F2N2O2/c1-2-19-12(18)5-8-3-9(13(14)15)4-10(6-16)11(8)7-17/h3-4,13H,2,5-6,16H2,1H3. The van der Waals surface area contributed by atoms with Gasteiger partial charge in [-0.3, -0.25) is 4.79 Å². The lowest BCUT2D eigenvalue weighted by molar-refractivity contribution is -0.142. The van der Waals surface area contributed by atoms with Gasteiger partial charge in [0, 0.05) is 12.1 Å². The van der Waals surface area contributed by atoms with Crippen molar-refractivity contribution in [3.63, 3.8) is 0 Å². The molecule has 0 unspecified atom stereocenters. The van der Waals surface area contributed by atoms with E-state index in [4.69, 9.17) is 15.7 Å². The van der Waals surface area contributed by atoms with Gasteiger partial charge in [0.2, 0.25) is 0 Å². The monoisotopic (exact) mass is 268 g/mol. The summed E-state index contributed by atoms with van der Waals surface area (Å²) < 4.78 is 30.2. The normalized spacial score (nSPS) is 10.3. The molecule has 0 atom stereocenters. The molecule has 1 aromatic rings. The second-order valence-electron chi connectivity index (χ2n) is 3.81. The third kappa shape index (κ3) is 3.73. The molecule has 0 saturated heterocycles. The minimum absolute atomic E-state index is 0.0424. The van der Waals surface area contributed by atoms with Gasteiger partial charge in [-0.05, 0) is 30.2 Å². The predicted octanol–water partition coefficient (Wildman–Crippen LogP) is 2.06. The van der Waals surface area contributed by atoms with Crippen LogP contribution < -0.4 is 5.73 Å². The fraction of sp³-hybridized carbons (Fsp3) is 0.385. The number of carbonyl (C=O) groups is 1. The molecule has 0 aliphatic carbocycles. The van der Waals surface area contributed by atoms with E-state index in [1.807, 2.05) is 6.07 Å². The minimum Gasteiger partial charge on any atom is -0.466 e. The Morgan fingerprint density at radius 3 is 2.58 bits per heavy atom. The van der Waals surface area contributed by atoms with E-state index in [2.05, 4.69) is 0 Å². The average molecular weight is 268 g/mol. The first-order chi connectivity index (χ1) is 9.03. The van der Waals surface area contributed by atoms with Crippen LogP contribution in [0, 0.1) is 11.3 Å². The summed E-state index contributed by atoms with van der Waals surface area (Å²) in [5, 5.41) is 9.06. The van der Waals surface area contributed by atoms with E-state index >= 15 is 0 Å². The van der Waals surface area contributed by atoms with Crippen LogP contribution in [0.5, 0.6) is 0 Å². The van der Waals surface area contributed by atoms with Crippen molar-refractivity contribution in [3.05, 3.63) is 34.4 Å². The molecule has 0 spiro atoms. The summed E-state index contributed by atoms with van der Waals surface area (Å²) in [4.78, 5) is 11.4. The van der Waals surface area contributed by atoms with E-state index in [-0.39, 0.29) is 36.3 Å². The Bertz CT molecular complexity index is 510. The highest BCUT2D eigenvalue weighted by atomic mass is 19.3. The Labute approximate surface area is 109 Å². The van der Waals surface area contributed by atoms with Crippen LogP contribution in [0.15, 0.2) is 12.1 Å². The highest BCUT2D eigenvalue weighted by molar-refractivity contribution is 5.74. The SMILES string of the molecule is CCOC(=O)Cc1cc(C(F)F)cc(CN)c1C#N. The summed E-state index contributed by atoms with van der Waals surface area (Å²) in [6, 6.07) is 4.24. The molecule has 6 heteroatoms. The van der Waals surface area contributed by atoms with Gasteiger partial charge in [0.25, 0.3) is 6.43 Å². The first-order valence-electron chi connectivity index (χ1n) is 5.73. The fourth-order valence-corrected chi connectivity index (χ4v) is 1.73. The Morgan fingerprint density at radius 1 is 1.47 bits per heavy atom. The topological polar surface area (TPSA) is 76.1 Å². The first kappa shape index (κ1) is 15.1. The summed E-state index contributed by atoms with van der Waals surface area (Å²) in [5.74, 6) is -0.562. The van der Waals surface area contributed by atoms with Crippen molar-refractivity contribution in [1.82, 2.24) is 0 Å². The maximum Gasteiger partial charge on any atom is 0.310 e. The van der Waals surface area contributed by atoms with Crippen molar-refractivity contribution in [2.24, 2.45) is 5.73 Å². The number of hydrogen-bond acceptors (Lipinski definition) is 4. The zero-order valence-corrected chi connectivity index (χ0v) is 10.5. The molecule has 0 radical (unpaired) electrons. The van der Waals surface area contributed by atoms with Crippen LogP contribution >= 0.6 is 0 Å². The van der Waals surface area contributed by atoms with Crippen molar-refractivity contribution in [2.45, 2.75) is 26.3 Å². The highest BCUT2D eigenvalue weighted by Crippen LogP contribution is 2.25. The molecule has 0 aliphatic rings. The molecular formula is C13H14F2N2O2. The number of nitrogens with two attached hydrogens (primary N) is 1. The molecule has 4 nitrogen and oxygen atoms in total. The highest BCUT2D eigenvalue weighted by Gasteiger charge is 2.17. The summed E-state index contributed by atoms with van der Waals surface area (Å²) in [6.45, 7) is 1.79. The number of hydrogen-bond donors (Lipinski definition) is 1. The third-order valence-electron chi connectivity index (χ3n) is 2.55. The quantitative estimate of drug-likeness (QED) is 0.829. The molecule has 0 heterocycles. The van der Waals surface area contributed by atoms with Crippen LogP contribution in [0.4, 0.5) is 8.78 Å². The molecule has 19 heavy (non-hydrogen) atoms. The van der Waals surface area contributed by atoms with E-state index in [9.17, 15) is 13.6 Å². The first-order valence-corrected chi connectivity index (χ1v) is 5.73. The summed E-state index contributed by atoms with van der Waals surface area (Å²) in [5.41, 5.74) is 5.88. The molecule has 0 fully saturated rings. The molecule has 2 N–H and O–H groups in total. The molecule has 102 valence electrons. The second-order valence-corrected chi connectivity index (χ2v) is 3.81. The maximum atomic E-state index is 12.7. The van der Waals surface area contributed by atoms with Crippen molar-refractivity contribution in [2.75, 3.05) is 6.61 Å². The lowest BCUT2D eigenvalue weighted by Gasteiger charge is -2.11. The number of nitriles is 1. The van der Waals surface area contributed by atoms with Crippen LogP contribution in [-0.4, -0.2) is 12.6 Å². The number of rotatable bonds is 5. The Balaban J connectivity index is 3.23. The average Bonchev–Trinajstić information content (AvgIpc) is 2.37. The molecule has 0 aliphatic heterocycles. The number of benzene rings is 1. The minimum atomic E-state index is -2.68. The predicted molar refractivity (Wildman–Crippen MR) is 64.3 cm³/mol. The summed E-state index contributed by atoms with van der Waals surface area (Å²) >= 11 is 0. The van der Waals surface area contributed by atoms with Crippen molar-refractivity contribution < 1.29 is 18.3 Å². The fourth-order valence-electron chi connectivity index (χ4n) is 1.73. The third-order valence-corrected chi connectivity index (χ3v) is 2.55. The number of halogens is 2. The Morgan fingerprint density at radius 2 is 2.11 bits per heavy atom. The van der Waals surface area contributed by atoms with Gasteiger partial charge in [-0.2, -0.15) is 5.26 Å². The van der Waals surface area contributed by atoms with E-state index in [0.717, 1.165) is 6.07 Å². The molecule has 1 aromatic carbocycles. The maximum absolute atomic E-state index is 12.7. The van der Waals surface area contributed by atoms with E-state index in [1.54, 1.807) is 6.92 Å². The second kappa shape index (κ2) is 6.81. The van der Waals surface area contributed by atoms with Gasteiger partial charge >= 0.3 is 5.97 Å². The molecular weight excluding hydrogens is 254 g/mol. The van der Waals surface area contributed by atoms with Gasteiger partial charge in [-0.25, -0.2) is 8.78 Å². The zero-order valence-electron chi connectivity index (χ0n) is 10.5. The molecule has 0 amide bonds. The summed E-state index contributed by atoms with van der Waals surface area (Å²) in [7, 11) is 0. The molecule has 1 rings (SSSR count). The van der Waals surface area contributed by atoms with Gasteiger partial charge in [0.15, 0.2) is 0 Å². The Hall–Kier alpha value is -2.00. The molecule has 0 saturated carbocycles. The smallest absolute Gasteiger partial charge is 0.310 e. The van der Waals surface area contributed by atoms with Crippen LogP contribution in [0.3, 0.4) is 0 Å². The number of nitrogens with zero attached hydrogens (tertiary/aromatic N) is 1. The largest absolute Gasteiger partial charge is 0.466 e. The number of ether oxygens (including phenoxy) is 1. The van der Waals surface area contributed by atoms with Gasteiger partial charge < -0.3 is 10.5 Å². The van der Waals surface area contributed by atoms with Gasteiger partial charge in [-0.1, -0.05) is 0 Å². The van der Waals surface area contributed by atoms with E-state index < -0.39 is 12.4 Å². The van der Waals surface area contributed by atoms with Crippen LogP contribution in [0.1, 0.15) is 35.6 Å². The lowest BCUT2D eigenvalue weighted by atomic mass is 9.96. The van der Waals surface area contributed by atoms with Crippen LogP contribution in [-0.2, 0) is 22.5 Å². The number of alkyl halides is 2. The summed E-state index contributed by atoms with van der Waals surface area (Å²) in [6.07, 6.45) is -2.90. The zero-order chi connectivity index (χ0) is 14.4. The molecule has 0 aromatic heterocycles. The van der Waals surface area contributed by atoms with Gasteiger partial charge in [0.1, 0.15) is 0 Å². The van der Waals surface area contributed by atoms with Crippen molar-refractivity contribution in [1.29, 1.82) is 5.26 Å². The lowest BCUT2D eigenvalue weighted by Crippen LogP contribution is -2.11. The Kier molecular flexibility index (Phi) is 5.39. The van der Waals surface area contributed by atoms with Gasteiger partial charge in [-0.15, -0.1) is 0 Å².